The third-order valence-corrected chi connectivity index (χ3v) is 2.38. The topological polar surface area (TPSA) is 21.3 Å². The van der Waals surface area contributed by atoms with Crippen molar-refractivity contribution >= 4 is 0 Å². The van der Waals surface area contributed by atoms with Crippen molar-refractivity contribution in [1.82, 2.24) is 5.32 Å². The summed E-state index contributed by atoms with van der Waals surface area (Å²) in [6.07, 6.45) is 3.18. The van der Waals surface area contributed by atoms with Crippen LogP contribution < -0.4 is 5.32 Å². The summed E-state index contributed by atoms with van der Waals surface area (Å²) in [7, 11) is 0. The van der Waals surface area contributed by atoms with Crippen LogP contribution in [-0.2, 0) is 4.74 Å². The molecular weight excluding hydrogens is 114 g/mol. The summed E-state index contributed by atoms with van der Waals surface area (Å²) in [5.74, 6) is 0.881. The maximum Gasteiger partial charge on any atom is 0.0728 e. The van der Waals surface area contributed by atoms with Gasteiger partial charge in [0.2, 0.25) is 0 Å². The molecule has 0 aromatic carbocycles. The fourth-order valence-corrected chi connectivity index (χ4v) is 1.78. The summed E-state index contributed by atoms with van der Waals surface area (Å²) >= 11 is 0. The number of hydrogen-bond donors (Lipinski definition) is 1. The van der Waals surface area contributed by atoms with Crippen LogP contribution >= 0.6 is 0 Å². The molecule has 0 unspecified atom stereocenters. The molecule has 2 rings (SSSR count). The second kappa shape index (κ2) is 2.27. The zero-order valence-corrected chi connectivity index (χ0v) is 5.60. The van der Waals surface area contributed by atoms with Gasteiger partial charge in [0, 0.05) is 13.2 Å². The summed E-state index contributed by atoms with van der Waals surface area (Å²) in [5.41, 5.74) is 0. The van der Waals surface area contributed by atoms with Gasteiger partial charge in [0.15, 0.2) is 0 Å². The first-order chi connectivity index (χ1) is 4.47. The molecule has 1 N–H and O–H groups in total. The van der Waals surface area contributed by atoms with E-state index in [4.69, 9.17) is 4.74 Å². The molecule has 2 fully saturated rings. The molecule has 0 aliphatic carbocycles. The van der Waals surface area contributed by atoms with Crippen LogP contribution in [0.3, 0.4) is 0 Å². The Bertz CT molecular complexity index is 93.1. The van der Waals surface area contributed by atoms with E-state index in [1.807, 2.05) is 0 Å². The maximum absolute atomic E-state index is 5.49. The highest BCUT2D eigenvalue weighted by atomic mass is 16.5. The minimum Gasteiger partial charge on any atom is -0.377 e. The van der Waals surface area contributed by atoms with Crippen molar-refractivity contribution in [2.75, 3.05) is 19.7 Å². The van der Waals surface area contributed by atoms with Gasteiger partial charge >= 0.3 is 0 Å². The SMILES string of the molecule is C1C[C@H]2CCO[C@@H]2CN1. The van der Waals surface area contributed by atoms with Crippen LogP contribution in [0.2, 0.25) is 0 Å². The molecule has 0 aromatic heterocycles. The van der Waals surface area contributed by atoms with Gasteiger partial charge in [-0.1, -0.05) is 0 Å². The average Bonchev–Trinajstić information content (AvgIpc) is 2.33. The Morgan fingerprint density at radius 1 is 1.33 bits per heavy atom. The van der Waals surface area contributed by atoms with Crippen molar-refractivity contribution in [3.8, 4) is 0 Å². The summed E-state index contributed by atoms with van der Waals surface area (Å²) in [4.78, 5) is 0. The highest BCUT2D eigenvalue weighted by Gasteiger charge is 2.29. The number of ether oxygens (including phenoxy) is 1. The Hall–Kier alpha value is -0.0800. The third-order valence-electron chi connectivity index (χ3n) is 2.38. The van der Waals surface area contributed by atoms with Crippen molar-refractivity contribution < 1.29 is 4.74 Å². The molecule has 0 amide bonds. The predicted octanol–water partition coefficient (Wildman–Crippen LogP) is 0.385. The van der Waals surface area contributed by atoms with E-state index in [2.05, 4.69) is 5.32 Å². The van der Waals surface area contributed by atoms with Crippen molar-refractivity contribution in [1.29, 1.82) is 0 Å². The Morgan fingerprint density at radius 3 is 3.22 bits per heavy atom. The van der Waals surface area contributed by atoms with Gasteiger partial charge in [-0.2, -0.15) is 0 Å². The largest absolute Gasteiger partial charge is 0.377 e. The van der Waals surface area contributed by atoms with Crippen molar-refractivity contribution in [2.45, 2.75) is 18.9 Å². The van der Waals surface area contributed by atoms with Gasteiger partial charge in [0.1, 0.15) is 0 Å². The molecule has 2 heteroatoms. The molecule has 2 aliphatic rings. The lowest BCUT2D eigenvalue weighted by Gasteiger charge is -2.24. The fraction of sp³-hybridized carbons (Fsp3) is 1.00. The summed E-state index contributed by atoms with van der Waals surface area (Å²) in [6.45, 7) is 3.28. The first-order valence-corrected chi connectivity index (χ1v) is 3.79. The van der Waals surface area contributed by atoms with Crippen LogP contribution in [0.1, 0.15) is 12.8 Å². The zero-order valence-electron chi connectivity index (χ0n) is 5.60. The van der Waals surface area contributed by atoms with Crippen molar-refractivity contribution in [3.63, 3.8) is 0 Å². The lowest BCUT2D eigenvalue weighted by molar-refractivity contribution is 0.0763. The van der Waals surface area contributed by atoms with Gasteiger partial charge in [-0.25, -0.2) is 0 Å². The average molecular weight is 127 g/mol. The Labute approximate surface area is 55.6 Å². The second-order valence-electron chi connectivity index (χ2n) is 2.95. The molecule has 2 nitrogen and oxygen atoms in total. The Balaban J connectivity index is 1.97. The van der Waals surface area contributed by atoms with Gasteiger partial charge in [-0.05, 0) is 25.3 Å². The molecule has 52 valence electrons. The zero-order chi connectivity index (χ0) is 6.10. The second-order valence-corrected chi connectivity index (χ2v) is 2.95. The lowest BCUT2D eigenvalue weighted by Crippen LogP contribution is -2.38. The Morgan fingerprint density at radius 2 is 2.33 bits per heavy atom. The van der Waals surface area contributed by atoms with E-state index in [-0.39, 0.29) is 0 Å². The van der Waals surface area contributed by atoms with Crippen LogP contribution in [0.25, 0.3) is 0 Å². The lowest BCUT2D eigenvalue weighted by atomic mass is 9.95. The molecule has 0 bridgehead atoms. The van der Waals surface area contributed by atoms with Gasteiger partial charge in [0.05, 0.1) is 6.10 Å². The number of piperidine rings is 1. The van der Waals surface area contributed by atoms with Gasteiger partial charge in [0.25, 0.3) is 0 Å². The maximum atomic E-state index is 5.49. The van der Waals surface area contributed by atoms with Crippen LogP contribution in [-0.4, -0.2) is 25.8 Å². The molecule has 9 heavy (non-hydrogen) atoms. The monoisotopic (exact) mass is 127 g/mol. The smallest absolute Gasteiger partial charge is 0.0728 e. The molecule has 2 saturated heterocycles. The quantitative estimate of drug-likeness (QED) is 0.508. The predicted molar refractivity (Wildman–Crippen MR) is 35.3 cm³/mol. The minimum atomic E-state index is 0.554. The Kier molecular flexibility index (Phi) is 1.44. The van der Waals surface area contributed by atoms with Crippen molar-refractivity contribution in [3.05, 3.63) is 0 Å². The standard InChI is InChI=1S/C7H13NO/c1-3-8-5-7-6(1)2-4-9-7/h6-8H,1-5H2/t6-,7+/m0/s1. The molecule has 0 radical (unpaired) electrons. The minimum absolute atomic E-state index is 0.554. The normalized spacial score (nSPS) is 42.7. The molecule has 2 aliphatic heterocycles. The van der Waals surface area contributed by atoms with E-state index >= 15 is 0 Å². The highest BCUT2D eigenvalue weighted by Crippen LogP contribution is 2.25. The van der Waals surface area contributed by atoms with Gasteiger partial charge < -0.3 is 10.1 Å². The highest BCUT2D eigenvalue weighted by molar-refractivity contribution is 4.82. The molecule has 0 spiro atoms. The van der Waals surface area contributed by atoms with Gasteiger partial charge in [-0.15, -0.1) is 0 Å². The summed E-state index contributed by atoms with van der Waals surface area (Å²) in [6, 6.07) is 0. The number of hydrogen-bond acceptors (Lipinski definition) is 2. The van der Waals surface area contributed by atoms with E-state index in [9.17, 15) is 0 Å². The van der Waals surface area contributed by atoms with Crippen LogP contribution in [0.15, 0.2) is 0 Å². The van der Waals surface area contributed by atoms with E-state index in [0.717, 1.165) is 19.1 Å². The van der Waals surface area contributed by atoms with E-state index in [1.54, 1.807) is 0 Å². The van der Waals surface area contributed by atoms with E-state index in [1.165, 1.54) is 19.4 Å². The molecule has 2 atom stereocenters. The van der Waals surface area contributed by atoms with E-state index < -0.39 is 0 Å². The van der Waals surface area contributed by atoms with Gasteiger partial charge in [-0.3, -0.25) is 0 Å². The third kappa shape index (κ3) is 0.970. The van der Waals surface area contributed by atoms with Crippen molar-refractivity contribution in [2.24, 2.45) is 5.92 Å². The van der Waals surface area contributed by atoms with Crippen LogP contribution in [0.5, 0.6) is 0 Å². The number of nitrogens with one attached hydrogen (secondary N) is 1. The first kappa shape index (κ1) is 5.69. The number of fused-ring (bicyclic) bond motifs is 1. The van der Waals surface area contributed by atoms with Crippen LogP contribution in [0.4, 0.5) is 0 Å². The van der Waals surface area contributed by atoms with E-state index in [0.29, 0.717) is 6.10 Å². The number of rotatable bonds is 0. The summed E-state index contributed by atoms with van der Waals surface area (Å²) in [5, 5.41) is 3.33. The summed E-state index contributed by atoms with van der Waals surface area (Å²) < 4.78 is 5.49. The first-order valence-electron chi connectivity index (χ1n) is 3.79. The fourth-order valence-electron chi connectivity index (χ4n) is 1.78. The van der Waals surface area contributed by atoms with Crippen LogP contribution in [0, 0.1) is 5.92 Å². The molecule has 0 saturated carbocycles. The molecule has 0 aromatic rings. The molecule has 2 heterocycles. The molecular formula is C7H13NO.